The van der Waals surface area contributed by atoms with E-state index in [1.54, 1.807) is 12.3 Å². The molecule has 1 aliphatic rings. The number of halogens is 2. The van der Waals surface area contributed by atoms with Gasteiger partial charge in [-0.3, -0.25) is 9.78 Å². The van der Waals surface area contributed by atoms with Crippen LogP contribution in [0.3, 0.4) is 0 Å². The summed E-state index contributed by atoms with van der Waals surface area (Å²) < 4.78 is 2.09. The van der Waals surface area contributed by atoms with Gasteiger partial charge in [0.1, 0.15) is 6.54 Å². The lowest BCUT2D eigenvalue weighted by Gasteiger charge is -2.27. The second kappa shape index (κ2) is 10.5. The molecule has 0 radical (unpaired) electrons. The SMILES string of the molecule is Cc1cc([C@H]2[C@@H](c3ccccn3)NC(=S)N2CC(=O)Nc2ccccc2)c(C)n1-c1cccc(Cl)c1Cl. The number of thiocarbonyl (C=S) groups is 1. The number of rotatable bonds is 6. The molecule has 0 aliphatic carbocycles. The first-order chi connectivity index (χ1) is 17.8. The van der Waals surface area contributed by atoms with E-state index in [-0.39, 0.29) is 24.5 Å². The monoisotopic (exact) mass is 549 g/mol. The van der Waals surface area contributed by atoms with E-state index < -0.39 is 0 Å². The first kappa shape index (κ1) is 25.3. The summed E-state index contributed by atoms with van der Waals surface area (Å²) >= 11 is 18.7. The molecule has 1 saturated heterocycles. The zero-order valence-corrected chi connectivity index (χ0v) is 22.6. The van der Waals surface area contributed by atoms with Crippen LogP contribution < -0.4 is 10.6 Å². The van der Waals surface area contributed by atoms with Gasteiger partial charge in [-0.25, -0.2) is 0 Å². The Morgan fingerprint density at radius 1 is 1.05 bits per heavy atom. The van der Waals surface area contributed by atoms with Crippen molar-refractivity contribution in [3.05, 3.63) is 112 Å². The molecule has 188 valence electrons. The number of para-hydroxylation sites is 1. The number of aryl methyl sites for hydroxylation is 1. The van der Waals surface area contributed by atoms with Crippen LogP contribution in [0.5, 0.6) is 0 Å². The van der Waals surface area contributed by atoms with Crippen molar-refractivity contribution in [1.29, 1.82) is 0 Å². The number of hydrogen-bond donors (Lipinski definition) is 2. The smallest absolute Gasteiger partial charge is 0.244 e. The standard InChI is InChI=1S/C28H25Cl2N5OS/c1-17-15-20(18(2)35(17)23-13-8-11-21(29)25(23)30)27-26(22-12-6-7-14-31-22)33-28(37)34(27)16-24(36)32-19-9-4-3-5-10-19/h3-15,26-27H,16H2,1-2H3,(H,32,36)(H,33,37)/t26-,27+/m1/s1. The van der Waals surface area contributed by atoms with E-state index in [4.69, 9.17) is 35.4 Å². The van der Waals surface area contributed by atoms with E-state index in [9.17, 15) is 4.79 Å². The van der Waals surface area contributed by atoms with Crippen LogP contribution >= 0.6 is 35.4 Å². The van der Waals surface area contributed by atoms with Gasteiger partial charge in [0.2, 0.25) is 5.91 Å². The number of carbonyl (C=O) groups is 1. The Hall–Kier alpha value is -3.39. The highest BCUT2D eigenvalue weighted by atomic mass is 35.5. The van der Waals surface area contributed by atoms with Gasteiger partial charge in [-0.2, -0.15) is 0 Å². The minimum Gasteiger partial charge on any atom is -0.352 e. The number of nitrogens with zero attached hydrogens (tertiary/aromatic N) is 3. The predicted molar refractivity (Wildman–Crippen MR) is 152 cm³/mol. The molecular formula is C28H25Cl2N5OS. The molecule has 2 aromatic heterocycles. The van der Waals surface area contributed by atoms with Gasteiger partial charge in [0, 0.05) is 23.3 Å². The van der Waals surface area contributed by atoms with Crippen molar-refractivity contribution in [2.75, 3.05) is 11.9 Å². The molecule has 1 fully saturated rings. The maximum Gasteiger partial charge on any atom is 0.244 e. The average molecular weight is 551 g/mol. The first-order valence-corrected chi connectivity index (χ1v) is 13.0. The third-order valence-corrected chi connectivity index (χ3v) is 7.69. The minimum atomic E-state index is -0.276. The second-order valence-electron chi connectivity index (χ2n) is 8.90. The fourth-order valence-electron chi connectivity index (χ4n) is 4.91. The Morgan fingerprint density at radius 3 is 2.54 bits per heavy atom. The summed E-state index contributed by atoms with van der Waals surface area (Å²) in [4.78, 5) is 19.6. The fourth-order valence-corrected chi connectivity index (χ4v) is 5.60. The lowest BCUT2D eigenvalue weighted by atomic mass is 9.96. The van der Waals surface area contributed by atoms with Gasteiger partial charge >= 0.3 is 0 Å². The van der Waals surface area contributed by atoms with Crippen LogP contribution in [0, 0.1) is 13.8 Å². The van der Waals surface area contributed by atoms with Crippen LogP contribution in [0.4, 0.5) is 5.69 Å². The van der Waals surface area contributed by atoms with Crippen molar-refractivity contribution < 1.29 is 4.79 Å². The molecule has 37 heavy (non-hydrogen) atoms. The maximum atomic E-state index is 13.1. The Balaban J connectivity index is 1.56. The van der Waals surface area contributed by atoms with Crippen LogP contribution in [-0.4, -0.2) is 32.0 Å². The van der Waals surface area contributed by atoms with Crippen molar-refractivity contribution in [2.24, 2.45) is 0 Å². The number of amides is 1. The lowest BCUT2D eigenvalue weighted by molar-refractivity contribution is -0.116. The van der Waals surface area contributed by atoms with E-state index in [1.807, 2.05) is 79.4 Å². The third kappa shape index (κ3) is 4.94. The number of benzene rings is 2. The molecule has 2 N–H and O–H groups in total. The Labute approximate surface area is 231 Å². The normalized spacial score (nSPS) is 17.1. The molecule has 5 rings (SSSR count). The van der Waals surface area contributed by atoms with Crippen molar-refractivity contribution in [2.45, 2.75) is 25.9 Å². The molecule has 9 heteroatoms. The summed E-state index contributed by atoms with van der Waals surface area (Å²) in [7, 11) is 0. The van der Waals surface area contributed by atoms with Crippen molar-refractivity contribution >= 4 is 52.1 Å². The van der Waals surface area contributed by atoms with Gasteiger partial charge in [0.25, 0.3) is 0 Å². The summed E-state index contributed by atoms with van der Waals surface area (Å²) in [6.45, 7) is 4.14. The molecule has 1 amide bonds. The number of carbonyl (C=O) groups excluding carboxylic acids is 1. The number of aromatic nitrogens is 2. The third-order valence-electron chi connectivity index (χ3n) is 6.53. The molecule has 0 unspecified atom stereocenters. The molecule has 6 nitrogen and oxygen atoms in total. The van der Waals surface area contributed by atoms with Gasteiger partial charge in [-0.15, -0.1) is 0 Å². The van der Waals surface area contributed by atoms with Gasteiger partial charge in [0.05, 0.1) is 33.5 Å². The van der Waals surface area contributed by atoms with Gasteiger partial charge in [-0.1, -0.05) is 53.5 Å². The number of hydrogen-bond acceptors (Lipinski definition) is 3. The highest BCUT2D eigenvalue weighted by molar-refractivity contribution is 7.80. The molecule has 2 atom stereocenters. The molecule has 1 aliphatic heterocycles. The van der Waals surface area contributed by atoms with Crippen molar-refractivity contribution in [3.8, 4) is 5.69 Å². The second-order valence-corrected chi connectivity index (χ2v) is 10.1. The molecule has 0 spiro atoms. The van der Waals surface area contributed by atoms with E-state index in [2.05, 4.69) is 26.3 Å². The maximum absolute atomic E-state index is 13.1. The van der Waals surface area contributed by atoms with E-state index in [0.29, 0.717) is 15.2 Å². The van der Waals surface area contributed by atoms with Crippen molar-refractivity contribution in [1.82, 2.24) is 19.8 Å². The van der Waals surface area contributed by atoms with Gasteiger partial charge < -0.3 is 20.1 Å². The van der Waals surface area contributed by atoms with Crippen LogP contribution in [0.25, 0.3) is 5.69 Å². The van der Waals surface area contributed by atoms with Gasteiger partial charge in [-0.05, 0) is 74.1 Å². The van der Waals surface area contributed by atoms with Crippen LogP contribution in [-0.2, 0) is 4.79 Å². The van der Waals surface area contributed by atoms with Gasteiger partial charge in [0.15, 0.2) is 5.11 Å². The van der Waals surface area contributed by atoms with E-state index in [1.165, 1.54) is 0 Å². The summed E-state index contributed by atoms with van der Waals surface area (Å²) in [5.74, 6) is -0.159. The number of pyridine rings is 1. The zero-order chi connectivity index (χ0) is 26.1. The summed E-state index contributed by atoms with van der Waals surface area (Å²) in [6, 6.07) is 22.4. The first-order valence-electron chi connectivity index (χ1n) is 11.8. The largest absolute Gasteiger partial charge is 0.352 e. The number of anilines is 1. The highest BCUT2D eigenvalue weighted by Crippen LogP contribution is 2.42. The van der Waals surface area contributed by atoms with Crippen LogP contribution in [0.1, 0.15) is 34.7 Å². The van der Waals surface area contributed by atoms with Crippen LogP contribution in [0.15, 0.2) is 79.0 Å². The molecule has 4 aromatic rings. The van der Waals surface area contributed by atoms with E-state index >= 15 is 0 Å². The topological polar surface area (TPSA) is 62.2 Å². The molecule has 2 aromatic carbocycles. The van der Waals surface area contributed by atoms with Crippen LogP contribution in [0.2, 0.25) is 10.0 Å². The summed E-state index contributed by atoms with van der Waals surface area (Å²) in [6.07, 6.45) is 1.76. The lowest BCUT2D eigenvalue weighted by Crippen LogP contribution is -2.37. The Bertz CT molecular complexity index is 1460. The molecule has 0 bridgehead atoms. The summed E-state index contributed by atoms with van der Waals surface area (Å²) in [5, 5.41) is 7.85. The average Bonchev–Trinajstić information content (AvgIpc) is 3.36. The van der Waals surface area contributed by atoms with E-state index in [0.717, 1.165) is 34.0 Å². The van der Waals surface area contributed by atoms with Crippen molar-refractivity contribution in [3.63, 3.8) is 0 Å². The quantitative estimate of drug-likeness (QED) is 0.272. The summed E-state index contributed by atoms with van der Waals surface area (Å²) in [5.41, 5.74) is 5.36. The Morgan fingerprint density at radius 2 is 1.81 bits per heavy atom. The molecular weight excluding hydrogens is 525 g/mol. The highest BCUT2D eigenvalue weighted by Gasteiger charge is 2.42. The minimum absolute atomic E-state index is 0.0797. The molecule has 3 heterocycles. The predicted octanol–water partition coefficient (Wildman–Crippen LogP) is 6.41. The zero-order valence-electron chi connectivity index (χ0n) is 20.3. The fraction of sp³-hybridized carbons (Fsp3) is 0.179. The Kier molecular flexibility index (Phi) is 7.20. The molecule has 0 saturated carbocycles. The number of nitrogens with one attached hydrogen (secondary N) is 2.